The molecule has 0 amide bonds. The number of anilines is 2. The molecule has 0 N–H and O–H groups in total. The van der Waals surface area contributed by atoms with E-state index >= 15 is 0 Å². The van der Waals surface area contributed by atoms with Gasteiger partial charge >= 0.3 is 0 Å². The van der Waals surface area contributed by atoms with Crippen molar-refractivity contribution < 1.29 is 4.39 Å². The van der Waals surface area contributed by atoms with Gasteiger partial charge in [0.15, 0.2) is 11.0 Å². The number of hydrogen-bond acceptors (Lipinski definition) is 3. The van der Waals surface area contributed by atoms with Gasteiger partial charge in [-0.2, -0.15) is 0 Å². The van der Waals surface area contributed by atoms with E-state index in [0.717, 1.165) is 5.69 Å². The van der Waals surface area contributed by atoms with Crippen molar-refractivity contribution in [1.82, 2.24) is 10.2 Å². The van der Waals surface area contributed by atoms with Crippen LogP contribution in [0.3, 0.4) is 0 Å². The van der Waals surface area contributed by atoms with E-state index in [9.17, 15) is 4.39 Å². The standard InChI is InChI=1S/C12H11ClFN3/c1-2-17(10-5-3-4-9(14)8-10)12-7-6-11(13)15-16-12/h3-8H,2H2,1H3. The lowest BCUT2D eigenvalue weighted by molar-refractivity contribution is 0.627. The Kier molecular flexibility index (Phi) is 3.54. The third-order valence-electron chi connectivity index (χ3n) is 2.33. The van der Waals surface area contributed by atoms with Crippen LogP contribution < -0.4 is 4.90 Å². The van der Waals surface area contributed by atoms with Crippen LogP contribution in [-0.2, 0) is 0 Å². The summed E-state index contributed by atoms with van der Waals surface area (Å²) in [5.41, 5.74) is 0.740. The summed E-state index contributed by atoms with van der Waals surface area (Å²) in [6.07, 6.45) is 0. The van der Waals surface area contributed by atoms with E-state index in [1.165, 1.54) is 12.1 Å². The second kappa shape index (κ2) is 5.10. The summed E-state index contributed by atoms with van der Waals surface area (Å²) >= 11 is 5.68. The lowest BCUT2D eigenvalue weighted by atomic mass is 10.2. The largest absolute Gasteiger partial charge is 0.325 e. The molecule has 1 heterocycles. The summed E-state index contributed by atoms with van der Waals surface area (Å²) < 4.78 is 13.2. The Balaban J connectivity index is 2.36. The molecule has 3 nitrogen and oxygen atoms in total. The SMILES string of the molecule is CCN(c1cccc(F)c1)c1ccc(Cl)nn1. The van der Waals surface area contributed by atoms with Gasteiger partial charge in [0, 0.05) is 12.2 Å². The monoisotopic (exact) mass is 251 g/mol. The van der Waals surface area contributed by atoms with Gasteiger partial charge in [-0.15, -0.1) is 10.2 Å². The molecule has 0 aliphatic rings. The fourth-order valence-electron chi connectivity index (χ4n) is 1.57. The topological polar surface area (TPSA) is 29.0 Å². The smallest absolute Gasteiger partial charge is 0.155 e. The normalized spacial score (nSPS) is 10.3. The maximum atomic E-state index is 13.2. The fourth-order valence-corrected chi connectivity index (χ4v) is 1.67. The second-order valence-corrected chi connectivity index (χ2v) is 3.83. The quantitative estimate of drug-likeness (QED) is 0.837. The third-order valence-corrected chi connectivity index (χ3v) is 2.53. The van der Waals surface area contributed by atoms with Crippen LogP contribution in [0.4, 0.5) is 15.9 Å². The Morgan fingerprint density at radius 1 is 1.24 bits per heavy atom. The lowest BCUT2D eigenvalue weighted by Gasteiger charge is -2.21. The van der Waals surface area contributed by atoms with Gasteiger partial charge in [0.1, 0.15) is 5.82 Å². The molecule has 1 aromatic carbocycles. The van der Waals surface area contributed by atoms with Gasteiger partial charge in [0.05, 0.1) is 0 Å². The minimum atomic E-state index is -0.275. The van der Waals surface area contributed by atoms with Gasteiger partial charge in [-0.1, -0.05) is 17.7 Å². The van der Waals surface area contributed by atoms with Crippen LogP contribution in [0.2, 0.25) is 5.15 Å². The van der Waals surface area contributed by atoms with Crippen molar-refractivity contribution in [3.63, 3.8) is 0 Å². The van der Waals surface area contributed by atoms with Crippen molar-refractivity contribution in [3.05, 3.63) is 47.4 Å². The summed E-state index contributed by atoms with van der Waals surface area (Å²) in [7, 11) is 0. The molecular weight excluding hydrogens is 241 g/mol. The van der Waals surface area contributed by atoms with Crippen molar-refractivity contribution in [2.24, 2.45) is 0 Å². The van der Waals surface area contributed by atoms with Crippen LogP contribution in [0.25, 0.3) is 0 Å². The first-order valence-corrected chi connectivity index (χ1v) is 5.61. The highest BCUT2D eigenvalue weighted by atomic mass is 35.5. The zero-order valence-electron chi connectivity index (χ0n) is 9.27. The number of benzene rings is 1. The summed E-state index contributed by atoms with van der Waals surface area (Å²) in [4.78, 5) is 1.85. The van der Waals surface area contributed by atoms with Crippen LogP contribution in [-0.4, -0.2) is 16.7 Å². The molecule has 1 aromatic heterocycles. The minimum Gasteiger partial charge on any atom is -0.325 e. The van der Waals surface area contributed by atoms with Gasteiger partial charge in [0.2, 0.25) is 0 Å². The summed E-state index contributed by atoms with van der Waals surface area (Å²) in [6.45, 7) is 2.63. The Morgan fingerprint density at radius 3 is 2.65 bits per heavy atom. The summed E-state index contributed by atoms with van der Waals surface area (Å²) in [6, 6.07) is 9.76. The average Bonchev–Trinajstić information content (AvgIpc) is 2.33. The van der Waals surface area contributed by atoms with E-state index in [4.69, 9.17) is 11.6 Å². The van der Waals surface area contributed by atoms with E-state index in [-0.39, 0.29) is 5.82 Å². The number of halogens is 2. The Morgan fingerprint density at radius 2 is 2.06 bits per heavy atom. The molecule has 88 valence electrons. The van der Waals surface area contributed by atoms with E-state index in [0.29, 0.717) is 17.5 Å². The average molecular weight is 252 g/mol. The molecule has 5 heteroatoms. The molecule has 0 bridgehead atoms. The molecule has 0 atom stereocenters. The Labute approximate surface area is 104 Å². The van der Waals surface area contributed by atoms with Gasteiger partial charge in [-0.05, 0) is 37.3 Å². The highest BCUT2D eigenvalue weighted by Crippen LogP contribution is 2.23. The van der Waals surface area contributed by atoms with Crippen LogP contribution in [0.5, 0.6) is 0 Å². The molecular formula is C12H11ClFN3. The predicted molar refractivity (Wildman–Crippen MR) is 66.1 cm³/mol. The molecule has 0 spiro atoms. The first-order valence-electron chi connectivity index (χ1n) is 5.23. The molecule has 0 saturated carbocycles. The molecule has 0 fully saturated rings. The zero-order valence-corrected chi connectivity index (χ0v) is 10.0. The van der Waals surface area contributed by atoms with Crippen LogP contribution in [0.15, 0.2) is 36.4 Å². The number of nitrogens with zero attached hydrogens (tertiary/aromatic N) is 3. The minimum absolute atomic E-state index is 0.275. The molecule has 0 aliphatic carbocycles. The number of rotatable bonds is 3. The molecule has 0 radical (unpaired) electrons. The third kappa shape index (κ3) is 2.71. The molecule has 17 heavy (non-hydrogen) atoms. The van der Waals surface area contributed by atoms with Crippen LogP contribution in [0, 0.1) is 5.82 Å². The summed E-state index contributed by atoms with van der Waals surface area (Å²) in [5, 5.41) is 8.09. The number of hydrogen-bond donors (Lipinski definition) is 0. The molecule has 0 unspecified atom stereocenters. The summed E-state index contributed by atoms with van der Waals surface area (Å²) in [5.74, 6) is 0.366. The van der Waals surface area contributed by atoms with Crippen molar-refractivity contribution in [3.8, 4) is 0 Å². The predicted octanol–water partition coefficient (Wildman–Crippen LogP) is 3.43. The maximum absolute atomic E-state index is 13.2. The highest BCUT2D eigenvalue weighted by Gasteiger charge is 2.09. The fraction of sp³-hybridized carbons (Fsp3) is 0.167. The van der Waals surface area contributed by atoms with Gasteiger partial charge in [-0.3, -0.25) is 0 Å². The Bertz CT molecular complexity index is 501. The maximum Gasteiger partial charge on any atom is 0.155 e. The van der Waals surface area contributed by atoms with Crippen LogP contribution in [0.1, 0.15) is 6.92 Å². The van der Waals surface area contributed by atoms with Crippen LogP contribution >= 0.6 is 11.6 Å². The van der Waals surface area contributed by atoms with E-state index < -0.39 is 0 Å². The lowest BCUT2D eigenvalue weighted by Crippen LogP contribution is -2.17. The first kappa shape index (κ1) is 11.8. The van der Waals surface area contributed by atoms with Crippen molar-refractivity contribution in [1.29, 1.82) is 0 Å². The molecule has 2 aromatic rings. The van der Waals surface area contributed by atoms with Crippen molar-refractivity contribution in [2.45, 2.75) is 6.92 Å². The van der Waals surface area contributed by atoms with E-state index in [1.54, 1.807) is 18.2 Å². The number of aromatic nitrogens is 2. The first-order chi connectivity index (χ1) is 8.20. The molecule has 0 saturated heterocycles. The van der Waals surface area contributed by atoms with Gasteiger partial charge < -0.3 is 4.90 Å². The van der Waals surface area contributed by atoms with E-state index in [2.05, 4.69) is 10.2 Å². The van der Waals surface area contributed by atoms with Crippen molar-refractivity contribution >= 4 is 23.1 Å². The van der Waals surface area contributed by atoms with Gasteiger partial charge in [-0.25, -0.2) is 4.39 Å². The zero-order chi connectivity index (χ0) is 12.3. The Hall–Kier alpha value is -1.68. The van der Waals surface area contributed by atoms with E-state index in [1.807, 2.05) is 17.9 Å². The molecule has 2 rings (SSSR count). The second-order valence-electron chi connectivity index (χ2n) is 3.44. The highest BCUT2D eigenvalue weighted by molar-refractivity contribution is 6.29. The van der Waals surface area contributed by atoms with Gasteiger partial charge in [0.25, 0.3) is 0 Å². The molecule has 0 aliphatic heterocycles. The van der Waals surface area contributed by atoms with Crippen molar-refractivity contribution in [2.75, 3.05) is 11.4 Å².